The number of rotatable bonds is 9. The minimum absolute atomic E-state index is 0.0205. The first-order valence-corrected chi connectivity index (χ1v) is 12.1. The molecular weight excluding hydrogens is 504 g/mol. The molecule has 2 rings (SSSR count). The molecule has 0 bridgehead atoms. The highest BCUT2D eigenvalue weighted by Crippen LogP contribution is 2.26. The van der Waals surface area contributed by atoms with E-state index >= 15 is 0 Å². The van der Waals surface area contributed by atoms with Gasteiger partial charge in [-0.3, -0.25) is 19.7 Å². The number of aromatic nitrogens is 1. The number of nitrogens with one attached hydrogen (secondary N) is 3. The van der Waals surface area contributed by atoms with Crippen LogP contribution >= 0.6 is 11.3 Å². The summed E-state index contributed by atoms with van der Waals surface area (Å²) >= 11 is 1.18. The van der Waals surface area contributed by atoms with Crippen molar-refractivity contribution in [2.45, 2.75) is 52.3 Å². The summed E-state index contributed by atoms with van der Waals surface area (Å²) in [6, 6.07) is 4.56. The van der Waals surface area contributed by atoms with Crippen LogP contribution in [0, 0.1) is 0 Å². The van der Waals surface area contributed by atoms with Crippen molar-refractivity contribution in [3.8, 4) is 10.6 Å². The number of carbonyl (C=O) groups is 5. The number of ether oxygens (including phenoxy) is 3. The first-order valence-electron chi connectivity index (χ1n) is 11.2. The van der Waals surface area contributed by atoms with E-state index in [1.165, 1.54) is 30.8 Å². The van der Waals surface area contributed by atoms with Crippen molar-refractivity contribution in [1.29, 1.82) is 0 Å². The molecule has 2 aromatic rings. The van der Waals surface area contributed by atoms with Crippen molar-refractivity contribution in [3.63, 3.8) is 0 Å². The number of methoxy groups -OCH3 is 1. The van der Waals surface area contributed by atoms with Crippen LogP contribution < -0.4 is 16.0 Å². The van der Waals surface area contributed by atoms with Gasteiger partial charge in [0.15, 0.2) is 0 Å². The van der Waals surface area contributed by atoms with Crippen LogP contribution in [0.15, 0.2) is 29.6 Å². The molecule has 0 fully saturated rings. The molecule has 0 aliphatic heterocycles. The van der Waals surface area contributed by atoms with Crippen molar-refractivity contribution in [1.82, 2.24) is 15.6 Å². The van der Waals surface area contributed by atoms with Crippen molar-refractivity contribution in [2.24, 2.45) is 0 Å². The third-order valence-electron chi connectivity index (χ3n) is 4.48. The van der Waals surface area contributed by atoms with E-state index < -0.39 is 54.1 Å². The Bertz CT molecular complexity index is 1160. The Labute approximate surface area is 218 Å². The van der Waals surface area contributed by atoms with Gasteiger partial charge in [-0.2, -0.15) is 0 Å². The fourth-order valence-corrected chi connectivity index (χ4v) is 3.62. The third-order valence-corrected chi connectivity index (χ3v) is 5.37. The molecule has 3 amide bonds. The van der Waals surface area contributed by atoms with Gasteiger partial charge in [0.25, 0.3) is 5.91 Å². The molecular formula is C24H30N4O8S. The molecule has 13 heteroatoms. The smallest absolute Gasteiger partial charge is 0.412 e. The van der Waals surface area contributed by atoms with E-state index in [1.807, 2.05) is 0 Å². The van der Waals surface area contributed by atoms with Crippen LogP contribution in [0.3, 0.4) is 0 Å². The van der Waals surface area contributed by atoms with Gasteiger partial charge in [0.1, 0.15) is 35.0 Å². The first-order chi connectivity index (χ1) is 17.3. The van der Waals surface area contributed by atoms with E-state index in [-0.39, 0.29) is 5.69 Å². The van der Waals surface area contributed by atoms with Crippen molar-refractivity contribution in [3.05, 3.63) is 35.3 Å². The molecule has 37 heavy (non-hydrogen) atoms. The molecule has 1 heterocycles. The quantitative estimate of drug-likeness (QED) is 0.324. The first kappa shape index (κ1) is 29.2. The zero-order chi connectivity index (χ0) is 27.8. The Balaban J connectivity index is 2.13. The summed E-state index contributed by atoms with van der Waals surface area (Å²) in [6.45, 7) is 7.39. The van der Waals surface area contributed by atoms with Crippen molar-refractivity contribution >= 4 is 46.9 Å². The van der Waals surface area contributed by atoms with Crippen LogP contribution in [0.1, 0.15) is 45.1 Å². The number of esters is 2. The molecule has 2 atom stereocenters. The Morgan fingerprint density at radius 1 is 1.11 bits per heavy atom. The highest BCUT2D eigenvalue weighted by Gasteiger charge is 2.27. The zero-order valence-corrected chi connectivity index (χ0v) is 22.2. The summed E-state index contributed by atoms with van der Waals surface area (Å²) in [5.41, 5.74) is 0.484. The molecule has 0 saturated carbocycles. The van der Waals surface area contributed by atoms with Gasteiger partial charge in [-0.05, 0) is 39.8 Å². The fraction of sp³-hybridized carbons (Fsp3) is 0.417. The lowest BCUT2D eigenvalue weighted by molar-refractivity contribution is -0.146. The van der Waals surface area contributed by atoms with Gasteiger partial charge >= 0.3 is 18.0 Å². The molecule has 0 aliphatic rings. The average molecular weight is 535 g/mol. The Morgan fingerprint density at radius 2 is 1.81 bits per heavy atom. The van der Waals surface area contributed by atoms with E-state index in [0.29, 0.717) is 16.3 Å². The number of carbonyl (C=O) groups excluding carboxylic acids is 5. The molecule has 0 spiro atoms. The SMILES string of the molecule is COC(=O)[C@H](C)NC(=O)[C@H](COC(C)=O)NC(=O)c1csc(-c2cccc(NC(=O)OC(C)(C)C)c2)n1. The number of hydrogen-bond acceptors (Lipinski definition) is 10. The lowest BCUT2D eigenvalue weighted by Gasteiger charge is -2.19. The minimum atomic E-state index is -1.28. The monoisotopic (exact) mass is 534 g/mol. The number of hydrogen-bond donors (Lipinski definition) is 3. The standard InChI is InChI=1S/C24H30N4O8S/c1-13(22(32)34-6)25-19(30)17(11-35-14(2)29)27-20(31)18-12-37-21(28-18)15-8-7-9-16(10-15)26-23(33)36-24(3,4)5/h7-10,12-13,17H,11H2,1-6H3,(H,25,30)(H,26,33)(H,27,31)/t13-,17-/m0/s1. The van der Waals surface area contributed by atoms with Crippen LogP contribution in [-0.2, 0) is 28.6 Å². The molecule has 1 aromatic heterocycles. The minimum Gasteiger partial charge on any atom is -0.467 e. The number of benzene rings is 1. The summed E-state index contributed by atoms with van der Waals surface area (Å²) in [6.07, 6.45) is -0.609. The summed E-state index contributed by atoms with van der Waals surface area (Å²) in [4.78, 5) is 64.6. The largest absolute Gasteiger partial charge is 0.467 e. The van der Waals surface area contributed by atoms with E-state index in [4.69, 9.17) is 9.47 Å². The van der Waals surface area contributed by atoms with Crippen LogP contribution in [0.4, 0.5) is 10.5 Å². The van der Waals surface area contributed by atoms with Crippen LogP contribution in [0.5, 0.6) is 0 Å². The topological polar surface area (TPSA) is 162 Å². The number of nitrogens with zero attached hydrogens (tertiary/aromatic N) is 1. The van der Waals surface area contributed by atoms with Gasteiger partial charge in [-0.15, -0.1) is 11.3 Å². The van der Waals surface area contributed by atoms with E-state index in [1.54, 1.807) is 45.0 Å². The molecule has 0 unspecified atom stereocenters. The highest BCUT2D eigenvalue weighted by atomic mass is 32.1. The summed E-state index contributed by atoms with van der Waals surface area (Å²) < 4.78 is 14.7. The van der Waals surface area contributed by atoms with Crippen molar-refractivity contribution in [2.75, 3.05) is 19.0 Å². The average Bonchev–Trinajstić information content (AvgIpc) is 3.30. The predicted octanol–water partition coefficient (Wildman–Crippen LogP) is 2.50. The number of anilines is 1. The molecule has 0 saturated heterocycles. The zero-order valence-electron chi connectivity index (χ0n) is 21.4. The normalized spacial score (nSPS) is 12.5. The Morgan fingerprint density at radius 3 is 2.43 bits per heavy atom. The van der Waals surface area contributed by atoms with Crippen LogP contribution in [0.2, 0.25) is 0 Å². The van der Waals surface area contributed by atoms with Gasteiger partial charge in [0, 0.05) is 23.6 Å². The lowest BCUT2D eigenvalue weighted by Crippen LogP contribution is -2.53. The van der Waals surface area contributed by atoms with E-state index in [0.717, 1.165) is 6.92 Å². The van der Waals surface area contributed by atoms with E-state index in [2.05, 4.69) is 25.7 Å². The maximum absolute atomic E-state index is 12.8. The Hall–Kier alpha value is -4.00. The predicted molar refractivity (Wildman–Crippen MR) is 135 cm³/mol. The number of amides is 3. The van der Waals surface area contributed by atoms with Gasteiger partial charge < -0.3 is 24.8 Å². The molecule has 200 valence electrons. The molecule has 0 radical (unpaired) electrons. The summed E-state index contributed by atoms with van der Waals surface area (Å²) in [5.74, 6) is -2.77. The highest BCUT2D eigenvalue weighted by molar-refractivity contribution is 7.13. The van der Waals surface area contributed by atoms with Gasteiger partial charge in [0.05, 0.1) is 7.11 Å². The Kier molecular flexibility index (Phi) is 10.1. The van der Waals surface area contributed by atoms with Gasteiger partial charge in [0.2, 0.25) is 5.91 Å². The molecule has 3 N–H and O–H groups in total. The fourth-order valence-electron chi connectivity index (χ4n) is 2.83. The maximum atomic E-state index is 12.8. The van der Waals surface area contributed by atoms with Crippen LogP contribution in [0.25, 0.3) is 10.6 Å². The van der Waals surface area contributed by atoms with Gasteiger partial charge in [-0.25, -0.2) is 14.6 Å². The lowest BCUT2D eigenvalue weighted by atomic mass is 10.2. The second-order valence-electron chi connectivity index (χ2n) is 8.83. The van der Waals surface area contributed by atoms with Crippen molar-refractivity contribution < 1.29 is 38.2 Å². The van der Waals surface area contributed by atoms with Gasteiger partial charge in [-0.1, -0.05) is 12.1 Å². The van der Waals surface area contributed by atoms with E-state index in [9.17, 15) is 24.0 Å². The summed E-state index contributed by atoms with van der Waals surface area (Å²) in [5, 5.41) is 9.49. The second-order valence-corrected chi connectivity index (χ2v) is 9.69. The second kappa shape index (κ2) is 12.8. The molecule has 12 nitrogen and oxygen atoms in total. The molecule has 0 aliphatic carbocycles. The maximum Gasteiger partial charge on any atom is 0.412 e. The van der Waals surface area contributed by atoms with Crippen LogP contribution in [-0.4, -0.2) is 66.2 Å². The third kappa shape index (κ3) is 9.52. The molecule has 1 aromatic carbocycles. The number of thiazole rings is 1. The summed E-state index contributed by atoms with van der Waals surface area (Å²) in [7, 11) is 1.17.